The molecule has 6 nitrogen and oxygen atoms in total. The first-order chi connectivity index (χ1) is 7.86. The van der Waals surface area contributed by atoms with Crippen molar-refractivity contribution in [3.05, 3.63) is 24.3 Å². The van der Waals surface area contributed by atoms with E-state index in [4.69, 9.17) is 9.84 Å². The summed E-state index contributed by atoms with van der Waals surface area (Å²) in [5, 5.41) is 7.13. The van der Waals surface area contributed by atoms with Gasteiger partial charge in [0.15, 0.2) is 5.25 Å². The van der Waals surface area contributed by atoms with Crippen molar-refractivity contribution in [3.8, 4) is 5.75 Å². The SMILES string of the molecule is COc1cccc(NS(=O)(=O)C(C)C(=O)O)c1. The minimum atomic E-state index is -3.94. The van der Waals surface area contributed by atoms with Gasteiger partial charge in [-0.3, -0.25) is 9.52 Å². The Morgan fingerprint density at radius 2 is 2.12 bits per heavy atom. The number of carboxylic acid groups (broad SMARTS) is 1. The Kier molecular flexibility index (Phi) is 3.95. The molecular formula is C10H13NO5S. The van der Waals surface area contributed by atoms with Crippen molar-refractivity contribution in [2.45, 2.75) is 12.2 Å². The third kappa shape index (κ3) is 3.35. The summed E-state index contributed by atoms with van der Waals surface area (Å²) < 4.78 is 30.3. The second kappa shape index (κ2) is 5.05. The zero-order valence-electron chi connectivity index (χ0n) is 9.38. The van der Waals surface area contributed by atoms with Crippen LogP contribution < -0.4 is 9.46 Å². The van der Waals surface area contributed by atoms with Crippen LogP contribution in [0.3, 0.4) is 0 Å². The third-order valence-corrected chi connectivity index (χ3v) is 3.80. The number of anilines is 1. The molecule has 0 spiro atoms. The predicted octanol–water partition coefficient (Wildman–Crippen LogP) is 0.910. The molecule has 0 saturated heterocycles. The average molecular weight is 259 g/mol. The number of rotatable bonds is 5. The molecule has 1 atom stereocenters. The van der Waals surface area contributed by atoms with Crippen molar-refractivity contribution in [1.82, 2.24) is 0 Å². The number of hydrogen-bond donors (Lipinski definition) is 2. The number of benzene rings is 1. The fraction of sp³-hybridized carbons (Fsp3) is 0.300. The fourth-order valence-corrected chi connectivity index (χ4v) is 1.97. The van der Waals surface area contributed by atoms with E-state index < -0.39 is 21.2 Å². The van der Waals surface area contributed by atoms with E-state index in [9.17, 15) is 13.2 Å². The summed E-state index contributed by atoms with van der Waals surface area (Å²) in [6.45, 7) is 1.10. The first kappa shape index (κ1) is 13.3. The first-order valence-electron chi connectivity index (χ1n) is 4.75. The van der Waals surface area contributed by atoms with Gasteiger partial charge in [-0.2, -0.15) is 0 Å². The minimum absolute atomic E-state index is 0.262. The highest BCUT2D eigenvalue weighted by molar-refractivity contribution is 7.94. The molecular weight excluding hydrogens is 246 g/mol. The maximum Gasteiger partial charge on any atom is 0.323 e. The van der Waals surface area contributed by atoms with Gasteiger partial charge >= 0.3 is 5.97 Å². The molecule has 0 amide bonds. The van der Waals surface area contributed by atoms with Crippen LogP contribution in [0.2, 0.25) is 0 Å². The average Bonchev–Trinajstić information content (AvgIpc) is 2.27. The van der Waals surface area contributed by atoms with Crippen molar-refractivity contribution in [1.29, 1.82) is 0 Å². The van der Waals surface area contributed by atoms with Crippen LogP contribution in [0.1, 0.15) is 6.92 Å². The molecule has 0 aliphatic rings. The predicted molar refractivity (Wildman–Crippen MR) is 62.6 cm³/mol. The molecule has 0 aromatic heterocycles. The molecule has 7 heteroatoms. The Balaban J connectivity index is 2.94. The lowest BCUT2D eigenvalue weighted by Gasteiger charge is -2.11. The molecule has 1 rings (SSSR count). The van der Waals surface area contributed by atoms with Crippen LogP contribution in [0, 0.1) is 0 Å². The first-order valence-corrected chi connectivity index (χ1v) is 6.30. The van der Waals surface area contributed by atoms with E-state index in [1.807, 2.05) is 0 Å². The highest BCUT2D eigenvalue weighted by Gasteiger charge is 2.27. The summed E-state index contributed by atoms with van der Waals surface area (Å²) in [5.74, 6) is -0.923. The zero-order chi connectivity index (χ0) is 13.1. The molecule has 0 saturated carbocycles. The van der Waals surface area contributed by atoms with Gasteiger partial charge in [-0.25, -0.2) is 8.42 Å². The normalized spacial score (nSPS) is 12.8. The van der Waals surface area contributed by atoms with Crippen LogP contribution in [-0.2, 0) is 14.8 Å². The number of ether oxygens (including phenoxy) is 1. The van der Waals surface area contributed by atoms with Crippen molar-refractivity contribution in [2.24, 2.45) is 0 Å². The Hall–Kier alpha value is -1.76. The summed E-state index contributed by atoms with van der Waals surface area (Å²) in [5.41, 5.74) is 0.262. The standard InChI is InChI=1S/C10H13NO5S/c1-7(10(12)13)17(14,15)11-8-4-3-5-9(6-8)16-2/h3-7,11H,1-2H3,(H,12,13). The van der Waals surface area contributed by atoms with Gasteiger partial charge in [-0.1, -0.05) is 6.07 Å². The van der Waals surface area contributed by atoms with Gasteiger partial charge < -0.3 is 9.84 Å². The summed E-state index contributed by atoms with van der Waals surface area (Å²) >= 11 is 0. The minimum Gasteiger partial charge on any atom is -0.497 e. The molecule has 94 valence electrons. The Labute approximate surface area is 99.3 Å². The molecule has 1 unspecified atom stereocenters. The van der Waals surface area contributed by atoms with Gasteiger partial charge in [0, 0.05) is 6.07 Å². The number of aliphatic carboxylic acids is 1. The molecule has 1 aromatic rings. The Morgan fingerprint density at radius 3 is 2.65 bits per heavy atom. The maximum atomic E-state index is 11.6. The van der Waals surface area contributed by atoms with Crippen molar-refractivity contribution < 1.29 is 23.1 Å². The van der Waals surface area contributed by atoms with Gasteiger partial charge in [0.05, 0.1) is 12.8 Å². The number of hydrogen-bond acceptors (Lipinski definition) is 4. The number of carbonyl (C=O) groups is 1. The van der Waals surface area contributed by atoms with E-state index in [0.29, 0.717) is 5.75 Å². The van der Waals surface area contributed by atoms with Gasteiger partial charge in [0.2, 0.25) is 10.0 Å². The van der Waals surface area contributed by atoms with E-state index in [2.05, 4.69) is 4.72 Å². The fourth-order valence-electron chi connectivity index (χ4n) is 1.07. The smallest absolute Gasteiger partial charge is 0.323 e. The van der Waals surface area contributed by atoms with Gasteiger partial charge in [0.1, 0.15) is 5.75 Å². The van der Waals surface area contributed by atoms with Crippen LogP contribution in [0.25, 0.3) is 0 Å². The highest BCUT2D eigenvalue weighted by atomic mass is 32.2. The summed E-state index contributed by atoms with van der Waals surface area (Å²) in [7, 11) is -2.49. The molecule has 2 N–H and O–H groups in total. The molecule has 0 radical (unpaired) electrons. The van der Waals surface area contributed by atoms with Crippen molar-refractivity contribution in [3.63, 3.8) is 0 Å². The van der Waals surface area contributed by atoms with E-state index in [0.717, 1.165) is 6.92 Å². The molecule has 17 heavy (non-hydrogen) atoms. The van der Waals surface area contributed by atoms with Crippen LogP contribution >= 0.6 is 0 Å². The number of methoxy groups -OCH3 is 1. The largest absolute Gasteiger partial charge is 0.497 e. The lowest BCUT2D eigenvalue weighted by molar-refractivity contribution is -0.136. The molecule has 1 aromatic carbocycles. The van der Waals surface area contributed by atoms with E-state index in [-0.39, 0.29) is 5.69 Å². The number of carboxylic acids is 1. The molecule has 0 heterocycles. The monoisotopic (exact) mass is 259 g/mol. The summed E-state index contributed by atoms with van der Waals surface area (Å²) in [6.07, 6.45) is 0. The van der Waals surface area contributed by atoms with Gasteiger partial charge in [0.25, 0.3) is 0 Å². The molecule has 0 fully saturated rings. The van der Waals surface area contributed by atoms with Crippen LogP contribution in [-0.4, -0.2) is 31.9 Å². The van der Waals surface area contributed by atoms with Gasteiger partial charge in [-0.15, -0.1) is 0 Å². The number of sulfonamides is 1. The van der Waals surface area contributed by atoms with E-state index in [1.54, 1.807) is 12.1 Å². The van der Waals surface area contributed by atoms with Crippen molar-refractivity contribution in [2.75, 3.05) is 11.8 Å². The van der Waals surface area contributed by atoms with Crippen LogP contribution in [0.15, 0.2) is 24.3 Å². The molecule has 0 aliphatic heterocycles. The lowest BCUT2D eigenvalue weighted by Crippen LogP contribution is -2.32. The van der Waals surface area contributed by atoms with E-state index >= 15 is 0 Å². The Bertz CT molecular complexity index is 511. The van der Waals surface area contributed by atoms with Gasteiger partial charge in [-0.05, 0) is 19.1 Å². The lowest BCUT2D eigenvalue weighted by atomic mass is 10.3. The van der Waals surface area contributed by atoms with E-state index in [1.165, 1.54) is 19.2 Å². The summed E-state index contributed by atoms with van der Waals surface area (Å²) in [6, 6.07) is 6.22. The number of nitrogens with one attached hydrogen (secondary N) is 1. The molecule has 0 aliphatic carbocycles. The van der Waals surface area contributed by atoms with Crippen LogP contribution in [0.5, 0.6) is 5.75 Å². The Morgan fingerprint density at radius 1 is 1.47 bits per heavy atom. The second-order valence-electron chi connectivity index (χ2n) is 3.36. The zero-order valence-corrected chi connectivity index (χ0v) is 10.2. The summed E-state index contributed by atoms with van der Waals surface area (Å²) in [4.78, 5) is 10.6. The van der Waals surface area contributed by atoms with Crippen LogP contribution in [0.4, 0.5) is 5.69 Å². The third-order valence-electron chi connectivity index (χ3n) is 2.14. The second-order valence-corrected chi connectivity index (χ2v) is 5.36. The van der Waals surface area contributed by atoms with Crippen molar-refractivity contribution >= 4 is 21.7 Å². The molecule has 0 bridgehead atoms. The maximum absolute atomic E-state index is 11.6. The highest BCUT2D eigenvalue weighted by Crippen LogP contribution is 2.18. The topological polar surface area (TPSA) is 92.7 Å². The quantitative estimate of drug-likeness (QED) is 0.819.